The fourth-order valence-corrected chi connectivity index (χ4v) is 2.91. The van der Waals surface area contributed by atoms with Gasteiger partial charge in [0, 0.05) is 23.1 Å². The van der Waals surface area contributed by atoms with Gasteiger partial charge in [-0.1, -0.05) is 15.9 Å². The minimum Gasteiger partial charge on any atom is -0.351 e. The first kappa shape index (κ1) is 13.6. The van der Waals surface area contributed by atoms with Crippen molar-refractivity contribution < 1.29 is 4.79 Å². The second-order valence-electron chi connectivity index (χ2n) is 4.82. The number of carbonyl (C=O) groups excluding carboxylic acids is 1. The van der Waals surface area contributed by atoms with Gasteiger partial charge in [-0.3, -0.25) is 4.79 Å². The van der Waals surface area contributed by atoms with Gasteiger partial charge < -0.3 is 10.2 Å². The number of halogens is 1. The number of aryl methyl sites for hydroxylation is 1. The molecule has 3 nitrogen and oxygen atoms in total. The summed E-state index contributed by atoms with van der Waals surface area (Å²) < 4.78 is 0.951. The van der Waals surface area contributed by atoms with Gasteiger partial charge in [-0.25, -0.2) is 0 Å². The Bertz CT molecular complexity index is 408. The molecule has 1 aromatic rings. The first-order chi connectivity index (χ1) is 8.65. The van der Waals surface area contributed by atoms with Crippen molar-refractivity contribution in [1.29, 1.82) is 0 Å². The van der Waals surface area contributed by atoms with Crippen LogP contribution in [0.3, 0.4) is 0 Å². The Morgan fingerprint density at radius 2 is 2.06 bits per heavy atom. The number of nitrogens with zero attached hydrogens (tertiary/aromatic N) is 1. The predicted octanol–water partition coefficient (Wildman–Crippen LogP) is 2.58. The third-order valence-corrected chi connectivity index (χ3v) is 3.67. The third kappa shape index (κ3) is 3.82. The van der Waals surface area contributed by atoms with Crippen molar-refractivity contribution in [2.45, 2.75) is 19.8 Å². The number of carbonyl (C=O) groups is 1. The average Bonchev–Trinajstić information content (AvgIpc) is 2.80. The molecule has 0 bridgehead atoms. The van der Waals surface area contributed by atoms with E-state index in [4.69, 9.17) is 0 Å². The molecule has 0 saturated carbocycles. The van der Waals surface area contributed by atoms with Crippen molar-refractivity contribution in [1.82, 2.24) is 10.2 Å². The van der Waals surface area contributed by atoms with E-state index < -0.39 is 0 Å². The lowest BCUT2D eigenvalue weighted by molar-refractivity contribution is 0.0949. The Kier molecular flexibility index (Phi) is 4.78. The highest BCUT2D eigenvalue weighted by atomic mass is 79.9. The van der Waals surface area contributed by atoms with Crippen LogP contribution in [-0.2, 0) is 0 Å². The largest absolute Gasteiger partial charge is 0.351 e. The average molecular weight is 311 g/mol. The Balaban J connectivity index is 1.83. The van der Waals surface area contributed by atoms with E-state index in [0.29, 0.717) is 0 Å². The topological polar surface area (TPSA) is 32.3 Å². The Hall–Kier alpha value is -0.870. The summed E-state index contributed by atoms with van der Waals surface area (Å²) in [5, 5.41) is 2.98. The number of hydrogen-bond donors (Lipinski definition) is 1. The summed E-state index contributed by atoms with van der Waals surface area (Å²) in [5.41, 5.74) is 1.82. The molecule has 0 aromatic heterocycles. The van der Waals surface area contributed by atoms with Crippen molar-refractivity contribution in [2.75, 3.05) is 26.2 Å². The lowest BCUT2D eigenvalue weighted by Gasteiger charge is -2.14. The van der Waals surface area contributed by atoms with Gasteiger partial charge in [0.15, 0.2) is 0 Å². The number of amides is 1. The standard InChI is InChI=1S/C14H19BrN2O/c1-11-8-12(10-13(15)9-11)14(18)16-4-7-17-5-2-3-6-17/h8-10H,2-7H2,1H3,(H,16,18). The van der Waals surface area contributed by atoms with Gasteiger partial charge >= 0.3 is 0 Å². The van der Waals surface area contributed by atoms with Crippen molar-refractivity contribution in [3.05, 3.63) is 33.8 Å². The van der Waals surface area contributed by atoms with Crippen LogP contribution in [0.25, 0.3) is 0 Å². The normalized spacial score (nSPS) is 15.9. The molecule has 1 aliphatic rings. The molecular weight excluding hydrogens is 292 g/mol. The predicted molar refractivity (Wildman–Crippen MR) is 76.9 cm³/mol. The number of likely N-dealkylation sites (tertiary alicyclic amines) is 1. The lowest BCUT2D eigenvalue weighted by atomic mass is 10.1. The molecule has 0 spiro atoms. The van der Waals surface area contributed by atoms with E-state index in [1.54, 1.807) is 0 Å². The van der Waals surface area contributed by atoms with Gasteiger partial charge in [-0.05, 0) is 56.6 Å². The third-order valence-electron chi connectivity index (χ3n) is 3.22. The molecule has 1 N–H and O–H groups in total. The molecule has 1 fully saturated rings. The van der Waals surface area contributed by atoms with Crippen LogP contribution >= 0.6 is 15.9 Å². The fourth-order valence-electron chi connectivity index (χ4n) is 2.30. The highest BCUT2D eigenvalue weighted by molar-refractivity contribution is 9.10. The van der Waals surface area contributed by atoms with Crippen LogP contribution in [0.5, 0.6) is 0 Å². The second-order valence-corrected chi connectivity index (χ2v) is 5.74. The first-order valence-corrected chi connectivity index (χ1v) is 7.22. The van der Waals surface area contributed by atoms with Crippen LogP contribution in [0, 0.1) is 6.92 Å². The maximum atomic E-state index is 12.0. The monoisotopic (exact) mass is 310 g/mol. The van der Waals surface area contributed by atoms with Crippen LogP contribution in [0.15, 0.2) is 22.7 Å². The molecule has 98 valence electrons. The molecule has 0 radical (unpaired) electrons. The number of benzene rings is 1. The molecule has 1 saturated heterocycles. The van der Waals surface area contributed by atoms with Gasteiger partial charge in [0.2, 0.25) is 0 Å². The summed E-state index contributed by atoms with van der Waals surface area (Å²) in [6.07, 6.45) is 2.58. The van der Waals surface area contributed by atoms with Gasteiger partial charge in [-0.15, -0.1) is 0 Å². The molecule has 0 atom stereocenters. The lowest BCUT2D eigenvalue weighted by Crippen LogP contribution is -2.33. The zero-order valence-corrected chi connectivity index (χ0v) is 12.3. The van der Waals surface area contributed by atoms with Crippen LogP contribution < -0.4 is 5.32 Å². The Labute approximate surface area is 117 Å². The fraction of sp³-hybridized carbons (Fsp3) is 0.500. The van der Waals surface area contributed by atoms with Gasteiger partial charge in [0.25, 0.3) is 5.91 Å². The van der Waals surface area contributed by atoms with E-state index in [9.17, 15) is 4.79 Å². The molecule has 1 amide bonds. The van der Waals surface area contributed by atoms with E-state index in [1.807, 2.05) is 25.1 Å². The second kappa shape index (κ2) is 6.34. The smallest absolute Gasteiger partial charge is 0.251 e. The SMILES string of the molecule is Cc1cc(Br)cc(C(=O)NCCN2CCCC2)c1. The number of hydrogen-bond acceptors (Lipinski definition) is 2. The Morgan fingerprint density at radius 1 is 1.33 bits per heavy atom. The van der Waals surface area contributed by atoms with Gasteiger partial charge in [-0.2, -0.15) is 0 Å². The van der Waals surface area contributed by atoms with E-state index in [2.05, 4.69) is 26.1 Å². The molecule has 1 heterocycles. The van der Waals surface area contributed by atoms with E-state index in [1.165, 1.54) is 25.9 Å². The van der Waals surface area contributed by atoms with Crippen molar-refractivity contribution in [3.8, 4) is 0 Å². The Morgan fingerprint density at radius 3 is 2.72 bits per heavy atom. The zero-order valence-electron chi connectivity index (χ0n) is 10.7. The van der Waals surface area contributed by atoms with Crippen LogP contribution in [0.4, 0.5) is 0 Å². The minimum absolute atomic E-state index is 0.0126. The highest BCUT2D eigenvalue weighted by Crippen LogP contribution is 2.15. The van der Waals surface area contributed by atoms with Crippen molar-refractivity contribution >= 4 is 21.8 Å². The quantitative estimate of drug-likeness (QED) is 0.927. The zero-order chi connectivity index (χ0) is 13.0. The molecule has 1 aromatic carbocycles. The van der Waals surface area contributed by atoms with Crippen LogP contribution in [0.2, 0.25) is 0 Å². The number of rotatable bonds is 4. The summed E-state index contributed by atoms with van der Waals surface area (Å²) in [6, 6.07) is 5.77. The van der Waals surface area contributed by atoms with Crippen molar-refractivity contribution in [3.63, 3.8) is 0 Å². The first-order valence-electron chi connectivity index (χ1n) is 6.43. The van der Waals surface area contributed by atoms with Gasteiger partial charge in [0.1, 0.15) is 0 Å². The molecule has 2 rings (SSSR count). The molecule has 18 heavy (non-hydrogen) atoms. The summed E-state index contributed by atoms with van der Waals surface area (Å²) >= 11 is 3.42. The van der Waals surface area contributed by atoms with Crippen LogP contribution in [0.1, 0.15) is 28.8 Å². The van der Waals surface area contributed by atoms with E-state index >= 15 is 0 Å². The molecule has 4 heteroatoms. The van der Waals surface area contributed by atoms with Gasteiger partial charge in [0.05, 0.1) is 0 Å². The highest BCUT2D eigenvalue weighted by Gasteiger charge is 2.12. The summed E-state index contributed by atoms with van der Waals surface area (Å²) in [4.78, 5) is 14.4. The summed E-state index contributed by atoms with van der Waals surface area (Å²) in [5.74, 6) is 0.0126. The summed E-state index contributed by atoms with van der Waals surface area (Å²) in [6.45, 7) is 6.02. The number of nitrogens with one attached hydrogen (secondary N) is 1. The summed E-state index contributed by atoms with van der Waals surface area (Å²) in [7, 11) is 0. The minimum atomic E-state index is 0.0126. The maximum Gasteiger partial charge on any atom is 0.251 e. The molecule has 1 aliphatic heterocycles. The van der Waals surface area contributed by atoms with E-state index in [-0.39, 0.29) is 5.91 Å². The van der Waals surface area contributed by atoms with E-state index in [0.717, 1.165) is 28.7 Å². The van der Waals surface area contributed by atoms with Crippen molar-refractivity contribution in [2.24, 2.45) is 0 Å². The molecule has 0 aliphatic carbocycles. The van der Waals surface area contributed by atoms with Crippen LogP contribution in [-0.4, -0.2) is 37.0 Å². The maximum absolute atomic E-state index is 12.0. The molecule has 0 unspecified atom stereocenters. The molecular formula is C14H19BrN2O.